The summed E-state index contributed by atoms with van der Waals surface area (Å²) in [5.41, 5.74) is 3.20. The highest BCUT2D eigenvalue weighted by molar-refractivity contribution is 7.21. The highest BCUT2D eigenvalue weighted by Crippen LogP contribution is 2.32. The molecule has 0 saturated heterocycles. The molecule has 0 aliphatic rings. The van der Waals surface area contributed by atoms with Gasteiger partial charge in [0.1, 0.15) is 5.01 Å². The van der Waals surface area contributed by atoms with Gasteiger partial charge in [-0.15, -0.1) is 11.3 Å². The minimum atomic E-state index is -0.638. The van der Waals surface area contributed by atoms with E-state index in [0.717, 1.165) is 10.2 Å². The van der Waals surface area contributed by atoms with Gasteiger partial charge in [0.25, 0.3) is 0 Å². The van der Waals surface area contributed by atoms with Crippen LogP contribution < -0.4 is 0 Å². The Labute approximate surface area is 194 Å². The van der Waals surface area contributed by atoms with Crippen LogP contribution in [0.3, 0.4) is 0 Å². The Hall–Kier alpha value is -3.78. The van der Waals surface area contributed by atoms with E-state index in [1.807, 2.05) is 30.3 Å². The van der Waals surface area contributed by atoms with Crippen LogP contribution in [0.4, 0.5) is 0 Å². The molecular weight excluding hydrogens is 440 g/mol. The summed E-state index contributed by atoms with van der Waals surface area (Å²) in [5, 5.41) is 0.691. The molecule has 0 atom stereocenters. The molecule has 7 nitrogen and oxygen atoms in total. The van der Waals surface area contributed by atoms with Gasteiger partial charge in [-0.2, -0.15) is 0 Å². The fraction of sp³-hybridized carbons (Fsp3) is 0.200. The van der Waals surface area contributed by atoms with E-state index >= 15 is 0 Å². The van der Waals surface area contributed by atoms with Crippen molar-refractivity contribution in [3.63, 3.8) is 0 Å². The number of rotatable bonds is 7. The Morgan fingerprint density at radius 3 is 2.36 bits per heavy atom. The first-order valence-electron chi connectivity index (χ1n) is 10.4. The number of H-pyrrole nitrogens is 1. The summed E-state index contributed by atoms with van der Waals surface area (Å²) in [6, 6.07) is 14.7. The van der Waals surface area contributed by atoms with Gasteiger partial charge in [-0.1, -0.05) is 30.3 Å². The lowest BCUT2D eigenvalue weighted by Crippen LogP contribution is -2.18. The zero-order chi connectivity index (χ0) is 23.5. The second kappa shape index (κ2) is 9.38. The number of esters is 2. The average Bonchev–Trinajstić information content (AvgIpc) is 3.37. The monoisotopic (exact) mass is 462 g/mol. The molecule has 4 aromatic rings. The van der Waals surface area contributed by atoms with Crippen molar-refractivity contribution >= 4 is 39.3 Å². The molecule has 0 unspecified atom stereocenters. The van der Waals surface area contributed by atoms with Crippen LogP contribution in [0.2, 0.25) is 0 Å². The maximum Gasteiger partial charge on any atom is 0.340 e. The number of ether oxygens (including phenoxy) is 2. The molecule has 0 aliphatic heterocycles. The van der Waals surface area contributed by atoms with Gasteiger partial charge in [0.05, 0.1) is 33.5 Å². The van der Waals surface area contributed by atoms with Gasteiger partial charge in [-0.25, -0.2) is 14.6 Å². The van der Waals surface area contributed by atoms with E-state index in [9.17, 15) is 14.4 Å². The summed E-state index contributed by atoms with van der Waals surface area (Å²) in [5.74, 6) is -1.71. The molecule has 0 aliphatic carbocycles. The molecule has 0 radical (unpaired) electrons. The van der Waals surface area contributed by atoms with Crippen LogP contribution >= 0.6 is 11.3 Å². The fourth-order valence-corrected chi connectivity index (χ4v) is 4.71. The highest BCUT2D eigenvalue weighted by Gasteiger charge is 2.26. The van der Waals surface area contributed by atoms with Gasteiger partial charge in [-0.05, 0) is 39.0 Å². The number of carbonyl (C=O) groups is 3. The smallest absolute Gasteiger partial charge is 0.340 e. The SMILES string of the molecule is CCOC(=O)c1c(C)[nH]c(C)c1C(=O)COC(=O)c1ccccc1-c1nc2ccccc2s1. The van der Waals surface area contributed by atoms with Crippen molar-refractivity contribution in [1.82, 2.24) is 9.97 Å². The van der Waals surface area contributed by atoms with Crippen molar-refractivity contribution in [3.05, 3.63) is 76.6 Å². The average molecular weight is 463 g/mol. The van der Waals surface area contributed by atoms with E-state index < -0.39 is 24.3 Å². The zero-order valence-electron chi connectivity index (χ0n) is 18.4. The van der Waals surface area contributed by atoms with Crippen LogP contribution in [-0.4, -0.2) is 40.9 Å². The number of hydrogen-bond acceptors (Lipinski definition) is 7. The van der Waals surface area contributed by atoms with E-state index in [1.54, 1.807) is 39.0 Å². The quantitative estimate of drug-likeness (QED) is 0.302. The fourth-order valence-electron chi connectivity index (χ4n) is 3.70. The van der Waals surface area contributed by atoms with Crippen LogP contribution in [0.15, 0.2) is 48.5 Å². The second-order valence-electron chi connectivity index (χ2n) is 7.38. The van der Waals surface area contributed by atoms with Crippen molar-refractivity contribution in [3.8, 4) is 10.6 Å². The van der Waals surface area contributed by atoms with Gasteiger partial charge in [0, 0.05) is 17.0 Å². The van der Waals surface area contributed by atoms with Crippen molar-refractivity contribution < 1.29 is 23.9 Å². The number of nitrogens with one attached hydrogen (secondary N) is 1. The molecule has 4 rings (SSSR count). The Morgan fingerprint density at radius 1 is 0.909 bits per heavy atom. The number of fused-ring (bicyclic) bond motifs is 1. The Balaban J connectivity index is 1.56. The summed E-state index contributed by atoms with van der Waals surface area (Å²) in [6.45, 7) is 4.76. The van der Waals surface area contributed by atoms with Gasteiger partial charge in [-0.3, -0.25) is 4.79 Å². The molecule has 0 bridgehead atoms. The van der Waals surface area contributed by atoms with Crippen LogP contribution in [0.25, 0.3) is 20.8 Å². The minimum absolute atomic E-state index is 0.172. The maximum absolute atomic E-state index is 12.9. The van der Waals surface area contributed by atoms with Crippen molar-refractivity contribution in [2.24, 2.45) is 0 Å². The molecule has 2 heterocycles. The van der Waals surface area contributed by atoms with E-state index in [2.05, 4.69) is 9.97 Å². The first kappa shape index (κ1) is 22.4. The van der Waals surface area contributed by atoms with E-state index in [1.165, 1.54) is 11.3 Å². The molecule has 168 valence electrons. The number of aryl methyl sites for hydroxylation is 2. The first-order valence-corrected chi connectivity index (χ1v) is 11.2. The number of benzene rings is 2. The summed E-state index contributed by atoms with van der Waals surface area (Å²) >= 11 is 1.48. The van der Waals surface area contributed by atoms with Gasteiger partial charge >= 0.3 is 11.9 Å². The number of para-hydroxylation sites is 1. The standard InChI is InChI=1S/C25H22N2O5S/c1-4-31-25(30)22-15(3)26-14(2)21(22)19(28)13-32-24(29)17-10-6-5-9-16(17)23-27-18-11-7-8-12-20(18)33-23/h5-12,26H,4,13H2,1-3H3. The number of hydrogen-bond donors (Lipinski definition) is 1. The van der Waals surface area contributed by atoms with Crippen molar-refractivity contribution in [1.29, 1.82) is 0 Å². The summed E-state index contributed by atoms with van der Waals surface area (Å²) in [4.78, 5) is 45.7. The number of thiazole rings is 1. The third-order valence-electron chi connectivity index (χ3n) is 5.14. The molecule has 0 fully saturated rings. The number of nitrogens with zero attached hydrogens (tertiary/aromatic N) is 1. The normalized spacial score (nSPS) is 10.9. The second-order valence-corrected chi connectivity index (χ2v) is 8.41. The van der Waals surface area contributed by atoms with Crippen molar-refractivity contribution in [2.45, 2.75) is 20.8 Å². The van der Waals surface area contributed by atoms with Gasteiger partial charge in [0.15, 0.2) is 6.61 Å². The molecule has 33 heavy (non-hydrogen) atoms. The van der Waals surface area contributed by atoms with Crippen LogP contribution in [-0.2, 0) is 9.47 Å². The Kier molecular flexibility index (Phi) is 6.37. The number of ketones is 1. The number of aromatic amines is 1. The molecule has 0 saturated carbocycles. The third kappa shape index (κ3) is 4.42. The Morgan fingerprint density at radius 2 is 1.61 bits per heavy atom. The minimum Gasteiger partial charge on any atom is -0.462 e. The van der Waals surface area contributed by atoms with E-state index in [0.29, 0.717) is 27.5 Å². The molecule has 0 spiro atoms. The predicted octanol–water partition coefficient (Wildman–Crippen LogP) is 5.12. The van der Waals surface area contributed by atoms with Crippen molar-refractivity contribution in [2.75, 3.05) is 13.2 Å². The largest absolute Gasteiger partial charge is 0.462 e. The highest BCUT2D eigenvalue weighted by atomic mass is 32.1. The van der Waals surface area contributed by atoms with Gasteiger partial charge < -0.3 is 14.5 Å². The van der Waals surface area contributed by atoms with Gasteiger partial charge in [0.2, 0.25) is 5.78 Å². The summed E-state index contributed by atoms with van der Waals surface area (Å²) in [7, 11) is 0. The third-order valence-corrected chi connectivity index (χ3v) is 6.21. The topological polar surface area (TPSA) is 98.4 Å². The van der Waals surface area contributed by atoms with Crippen LogP contribution in [0.1, 0.15) is 49.4 Å². The molecule has 1 N–H and O–H groups in total. The summed E-state index contributed by atoms with van der Waals surface area (Å²) < 4.78 is 11.4. The molecular formula is C25H22N2O5S. The number of aromatic nitrogens is 2. The van der Waals surface area contributed by atoms with E-state index in [-0.39, 0.29) is 17.7 Å². The molecule has 2 aromatic carbocycles. The van der Waals surface area contributed by atoms with E-state index in [4.69, 9.17) is 9.47 Å². The number of Topliss-reactive ketones (excluding diaryl/α,β-unsaturated/α-hetero) is 1. The lowest BCUT2D eigenvalue weighted by Gasteiger charge is -2.09. The van der Waals surface area contributed by atoms with Crippen LogP contribution in [0.5, 0.6) is 0 Å². The predicted molar refractivity (Wildman–Crippen MR) is 126 cm³/mol. The lowest BCUT2D eigenvalue weighted by atomic mass is 10.0. The molecule has 2 aromatic heterocycles. The summed E-state index contributed by atoms with van der Waals surface area (Å²) in [6.07, 6.45) is 0. The zero-order valence-corrected chi connectivity index (χ0v) is 19.2. The maximum atomic E-state index is 12.9. The first-order chi connectivity index (χ1) is 15.9. The lowest BCUT2D eigenvalue weighted by molar-refractivity contribution is 0.0473. The van der Waals surface area contributed by atoms with Crippen LogP contribution in [0, 0.1) is 13.8 Å². The molecule has 8 heteroatoms. The number of carbonyl (C=O) groups excluding carboxylic acids is 3. The Bertz CT molecular complexity index is 1340. The molecule has 0 amide bonds.